The number of anilines is 1. The molecule has 0 unspecified atom stereocenters. The summed E-state index contributed by atoms with van der Waals surface area (Å²) in [5.41, 5.74) is 6.89. The minimum Gasteiger partial charge on any atom is -0.481 e. The molecule has 0 aliphatic carbocycles. The van der Waals surface area contributed by atoms with Crippen molar-refractivity contribution in [3.05, 3.63) is 65.0 Å². The number of pyridine rings is 1. The van der Waals surface area contributed by atoms with Crippen LogP contribution in [-0.2, 0) is 24.7 Å². The zero-order chi connectivity index (χ0) is 25.1. The lowest BCUT2D eigenvalue weighted by Gasteiger charge is -2.24. The van der Waals surface area contributed by atoms with Crippen molar-refractivity contribution in [3.63, 3.8) is 0 Å². The maximum atomic E-state index is 11.8. The van der Waals surface area contributed by atoms with Gasteiger partial charge >= 0.3 is 5.97 Å². The molecule has 0 spiro atoms. The minimum atomic E-state index is -0.745. The maximum Gasteiger partial charge on any atom is 0.304 e. The number of hydrogen-bond acceptors (Lipinski definition) is 5. The summed E-state index contributed by atoms with van der Waals surface area (Å²) in [4.78, 5) is 19.1. The highest BCUT2D eigenvalue weighted by molar-refractivity contribution is 5.69. The smallest absolute Gasteiger partial charge is 0.304 e. The predicted molar refractivity (Wildman–Crippen MR) is 142 cm³/mol. The molecule has 36 heavy (non-hydrogen) atoms. The summed E-state index contributed by atoms with van der Waals surface area (Å²) in [5, 5.41) is 17.5. The molecule has 4 heterocycles. The Balaban J connectivity index is 1.22. The van der Waals surface area contributed by atoms with Gasteiger partial charge in [-0.05, 0) is 80.3 Å². The molecule has 2 aliphatic rings. The third-order valence-electron chi connectivity index (χ3n) is 7.78. The van der Waals surface area contributed by atoms with Gasteiger partial charge in [0.25, 0.3) is 0 Å². The van der Waals surface area contributed by atoms with E-state index in [2.05, 4.69) is 52.6 Å². The Bertz CT molecular complexity index is 1200. The molecule has 1 saturated heterocycles. The third kappa shape index (κ3) is 5.62. The number of hydrogen-bond donors (Lipinski definition) is 2. The van der Waals surface area contributed by atoms with Gasteiger partial charge in [-0.1, -0.05) is 24.3 Å². The molecule has 0 radical (unpaired) electrons. The molecule has 0 bridgehead atoms. The number of carboxylic acid groups (broad SMARTS) is 1. The summed E-state index contributed by atoms with van der Waals surface area (Å²) < 4.78 is 1.89. The molecule has 3 aromatic rings. The number of aryl methyl sites for hydroxylation is 4. The van der Waals surface area contributed by atoms with Gasteiger partial charge in [0.2, 0.25) is 0 Å². The lowest BCUT2D eigenvalue weighted by Crippen LogP contribution is -2.28. The van der Waals surface area contributed by atoms with Gasteiger partial charge in [0.1, 0.15) is 5.82 Å². The molecule has 0 amide bonds. The van der Waals surface area contributed by atoms with E-state index in [-0.39, 0.29) is 12.3 Å². The zero-order valence-electron chi connectivity index (χ0n) is 21.4. The molecule has 1 fully saturated rings. The highest BCUT2D eigenvalue weighted by Crippen LogP contribution is 2.31. The van der Waals surface area contributed by atoms with Crippen molar-refractivity contribution in [1.29, 1.82) is 0 Å². The number of nitrogens with zero attached hydrogens (tertiary/aromatic N) is 4. The fourth-order valence-electron chi connectivity index (χ4n) is 5.89. The van der Waals surface area contributed by atoms with E-state index >= 15 is 0 Å². The third-order valence-corrected chi connectivity index (χ3v) is 7.78. The van der Waals surface area contributed by atoms with Crippen LogP contribution in [0, 0.1) is 12.8 Å². The van der Waals surface area contributed by atoms with Crippen LogP contribution >= 0.6 is 0 Å². The Kier molecular flexibility index (Phi) is 7.37. The molecule has 5 rings (SSSR count). The maximum absolute atomic E-state index is 11.8. The van der Waals surface area contributed by atoms with Crippen LogP contribution in [0.4, 0.5) is 5.82 Å². The average Bonchev–Trinajstić information content (AvgIpc) is 3.47. The van der Waals surface area contributed by atoms with E-state index in [0.29, 0.717) is 5.92 Å². The van der Waals surface area contributed by atoms with Crippen LogP contribution in [0.25, 0.3) is 11.3 Å². The second kappa shape index (κ2) is 10.8. The Morgan fingerprint density at radius 1 is 1.28 bits per heavy atom. The summed E-state index contributed by atoms with van der Waals surface area (Å²) in [6.07, 6.45) is 7.60. The van der Waals surface area contributed by atoms with Gasteiger partial charge in [0.05, 0.1) is 18.3 Å². The molecule has 7 heteroatoms. The zero-order valence-corrected chi connectivity index (χ0v) is 21.4. The first-order valence-electron chi connectivity index (χ1n) is 13.2. The van der Waals surface area contributed by atoms with Crippen LogP contribution < -0.4 is 5.32 Å². The molecule has 2 aliphatic heterocycles. The van der Waals surface area contributed by atoms with Crippen molar-refractivity contribution >= 4 is 11.8 Å². The molecule has 2 atom stereocenters. The SMILES string of the molecule is Cc1cnn(C)c1-c1cccc([C@H](CC(=O)O)CN2CC[C@@H](CCc3ccc4c(n3)NCCC4)C2)c1. The number of benzene rings is 1. The highest BCUT2D eigenvalue weighted by Gasteiger charge is 2.27. The fraction of sp³-hybridized carbons (Fsp3) is 0.483. The summed E-state index contributed by atoms with van der Waals surface area (Å²) in [5.74, 6) is 0.921. The summed E-state index contributed by atoms with van der Waals surface area (Å²) in [6, 6.07) is 12.8. The van der Waals surface area contributed by atoms with E-state index in [0.717, 1.165) is 80.1 Å². The fourth-order valence-corrected chi connectivity index (χ4v) is 5.89. The minimum absolute atomic E-state index is 0.0388. The molecular weight excluding hydrogens is 450 g/mol. The van der Waals surface area contributed by atoms with Gasteiger partial charge in [-0.2, -0.15) is 5.10 Å². The number of likely N-dealkylation sites (tertiary alicyclic amines) is 1. The van der Waals surface area contributed by atoms with Gasteiger partial charge in [0.15, 0.2) is 0 Å². The topological polar surface area (TPSA) is 83.3 Å². The monoisotopic (exact) mass is 487 g/mol. The average molecular weight is 488 g/mol. The van der Waals surface area contributed by atoms with Crippen molar-refractivity contribution in [2.75, 3.05) is 31.5 Å². The van der Waals surface area contributed by atoms with Crippen molar-refractivity contribution in [2.24, 2.45) is 13.0 Å². The highest BCUT2D eigenvalue weighted by atomic mass is 16.4. The first-order chi connectivity index (χ1) is 17.5. The van der Waals surface area contributed by atoms with Crippen LogP contribution in [0.5, 0.6) is 0 Å². The van der Waals surface area contributed by atoms with Crippen molar-refractivity contribution < 1.29 is 9.90 Å². The molecule has 1 aromatic carbocycles. The van der Waals surface area contributed by atoms with Crippen LogP contribution in [-0.4, -0.2) is 56.9 Å². The number of aliphatic carboxylic acids is 1. The Morgan fingerprint density at radius 2 is 2.17 bits per heavy atom. The molecule has 2 N–H and O–H groups in total. The van der Waals surface area contributed by atoms with Gasteiger partial charge in [-0.3, -0.25) is 9.48 Å². The van der Waals surface area contributed by atoms with Crippen LogP contribution in [0.3, 0.4) is 0 Å². The Labute approximate surface area is 213 Å². The van der Waals surface area contributed by atoms with Crippen molar-refractivity contribution in [2.45, 2.75) is 51.4 Å². The van der Waals surface area contributed by atoms with Crippen molar-refractivity contribution in [3.8, 4) is 11.3 Å². The summed E-state index contributed by atoms with van der Waals surface area (Å²) >= 11 is 0. The summed E-state index contributed by atoms with van der Waals surface area (Å²) in [6.45, 7) is 5.91. The van der Waals surface area contributed by atoms with E-state index in [1.54, 1.807) is 0 Å². The number of rotatable bonds is 9. The summed E-state index contributed by atoms with van der Waals surface area (Å²) in [7, 11) is 1.95. The van der Waals surface area contributed by atoms with Crippen molar-refractivity contribution in [1.82, 2.24) is 19.7 Å². The largest absolute Gasteiger partial charge is 0.481 e. The first kappa shape index (κ1) is 24.5. The second-order valence-electron chi connectivity index (χ2n) is 10.5. The number of nitrogens with one attached hydrogen (secondary N) is 1. The first-order valence-corrected chi connectivity index (χ1v) is 13.2. The van der Waals surface area contributed by atoms with Gasteiger partial charge in [-0.25, -0.2) is 4.98 Å². The molecule has 0 saturated carbocycles. The molecule has 2 aromatic heterocycles. The molecular formula is C29H37N5O2. The second-order valence-corrected chi connectivity index (χ2v) is 10.5. The van der Waals surface area contributed by atoms with E-state index in [4.69, 9.17) is 4.98 Å². The molecule has 7 nitrogen and oxygen atoms in total. The Hall–Kier alpha value is -3.19. The van der Waals surface area contributed by atoms with E-state index in [9.17, 15) is 9.90 Å². The van der Waals surface area contributed by atoms with Gasteiger partial charge < -0.3 is 15.3 Å². The number of carbonyl (C=O) groups is 1. The molecule has 190 valence electrons. The van der Waals surface area contributed by atoms with E-state index < -0.39 is 5.97 Å². The number of carboxylic acids is 1. The van der Waals surface area contributed by atoms with E-state index in [1.165, 1.54) is 17.7 Å². The lowest BCUT2D eigenvalue weighted by atomic mass is 9.92. The van der Waals surface area contributed by atoms with E-state index in [1.807, 2.05) is 24.0 Å². The van der Waals surface area contributed by atoms with Crippen LogP contribution in [0.1, 0.15) is 54.0 Å². The standard InChI is InChI=1S/C29H37N5O2/c1-20-17-31-33(2)28(20)24-6-3-5-23(15-24)25(16-27(35)36)19-34-14-12-21(18-34)8-10-26-11-9-22-7-4-13-30-29(22)32-26/h3,5-6,9,11,15,17,21,25H,4,7-8,10,12-14,16,18-19H2,1-2H3,(H,30,32)(H,35,36)/t21-,25-/m1/s1. The normalized spacial score (nSPS) is 18.6. The lowest BCUT2D eigenvalue weighted by molar-refractivity contribution is -0.137. The number of aromatic nitrogens is 3. The van der Waals surface area contributed by atoms with Gasteiger partial charge in [0, 0.05) is 43.9 Å². The van der Waals surface area contributed by atoms with Crippen LogP contribution in [0.2, 0.25) is 0 Å². The Morgan fingerprint density at radius 3 is 2.97 bits per heavy atom. The predicted octanol–water partition coefficient (Wildman–Crippen LogP) is 4.66. The van der Waals surface area contributed by atoms with Gasteiger partial charge in [-0.15, -0.1) is 0 Å². The quantitative estimate of drug-likeness (QED) is 0.457. The number of fused-ring (bicyclic) bond motifs is 1. The van der Waals surface area contributed by atoms with Crippen LogP contribution in [0.15, 0.2) is 42.6 Å².